The Morgan fingerprint density at radius 1 is 1.31 bits per heavy atom. The third kappa shape index (κ3) is 4.42. The molecule has 1 aliphatic rings. The second-order valence-electron chi connectivity index (χ2n) is 8.52. The lowest BCUT2D eigenvalue weighted by atomic mass is 10.0. The van der Waals surface area contributed by atoms with Crippen molar-refractivity contribution < 1.29 is 14.3 Å². The molecule has 182 valence electrons. The van der Waals surface area contributed by atoms with Crippen LogP contribution in [0.4, 0.5) is 0 Å². The van der Waals surface area contributed by atoms with Crippen molar-refractivity contribution in [1.29, 1.82) is 0 Å². The van der Waals surface area contributed by atoms with E-state index in [-0.39, 0.29) is 11.7 Å². The van der Waals surface area contributed by atoms with Crippen molar-refractivity contribution in [2.75, 3.05) is 27.2 Å². The summed E-state index contributed by atoms with van der Waals surface area (Å²) in [5.74, 6) is 0.576. The Hall–Kier alpha value is -2.60. The number of imidazole rings is 1. The lowest BCUT2D eigenvalue weighted by Crippen LogP contribution is -2.45. The molecule has 1 N–H and O–H groups in total. The van der Waals surface area contributed by atoms with Gasteiger partial charge in [0.05, 0.1) is 23.2 Å². The molecule has 1 amide bonds. The molecular weight excluding hydrogens is 550 g/mol. The van der Waals surface area contributed by atoms with Gasteiger partial charge in [0.1, 0.15) is 17.1 Å². The molecule has 11 heteroatoms. The zero-order valence-electron chi connectivity index (χ0n) is 19.5. The van der Waals surface area contributed by atoms with Gasteiger partial charge < -0.3 is 10.1 Å². The van der Waals surface area contributed by atoms with Crippen LogP contribution in [0.2, 0.25) is 0 Å². The van der Waals surface area contributed by atoms with Crippen LogP contribution < -0.4 is 10.1 Å². The number of aromatic nitrogens is 3. The first-order chi connectivity index (χ1) is 16.8. The quantitative estimate of drug-likeness (QED) is 0.292. The monoisotopic (exact) mass is 573 g/mol. The summed E-state index contributed by atoms with van der Waals surface area (Å²) in [6, 6.07) is 7.66. The van der Waals surface area contributed by atoms with Gasteiger partial charge in [0.15, 0.2) is 8.88 Å². The van der Waals surface area contributed by atoms with Gasteiger partial charge in [-0.25, -0.2) is 9.97 Å². The minimum Gasteiger partial charge on any atom is -0.497 e. The smallest absolute Gasteiger partial charge is 0.270 e. The summed E-state index contributed by atoms with van der Waals surface area (Å²) in [5.41, 5.74) is 2.03. The average molecular weight is 575 g/mol. The Morgan fingerprint density at radius 3 is 2.86 bits per heavy atom. The highest BCUT2D eigenvalue weighted by Gasteiger charge is 2.54. The first-order valence-electron chi connectivity index (χ1n) is 11.1. The number of Topliss-reactive ketones (excluding diaryl/α,β-unsaturated/α-hetero) is 1. The fourth-order valence-corrected chi connectivity index (χ4v) is 6.54. The predicted molar refractivity (Wildman–Crippen MR) is 141 cm³/mol. The van der Waals surface area contributed by atoms with Gasteiger partial charge >= 0.3 is 0 Å². The molecule has 0 saturated heterocycles. The summed E-state index contributed by atoms with van der Waals surface area (Å²) in [4.78, 5) is 39.2. The number of hydrogen-bond acceptors (Lipinski definition) is 8. The lowest BCUT2D eigenvalue weighted by molar-refractivity contribution is 0.0811. The molecule has 4 aromatic rings. The number of aryl methyl sites for hydroxylation is 1. The highest BCUT2D eigenvalue weighted by molar-refractivity contribution is 9.11. The van der Waals surface area contributed by atoms with E-state index in [1.165, 1.54) is 22.7 Å². The van der Waals surface area contributed by atoms with E-state index in [1.54, 1.807) is 7.11 Å². The number of hydrogen-bond donors (Lipinski definition) is 1. The number of amides is 1. The topological polar surface area (TPSA) is 88.8 Å². The van der Waals surface area contributed by atoms with Crippen molar-refractivity contribution in [2.45, 2.75) is 25.3 Å². The molecule has 8 nitrogen and oxygen atoms in total. The summed E-state index contributed by atoms with van der Waals surface area (Å²) in [6.07, 6.45) is 3.38. The zero-order chi connectivity index (χ0) is 24.7. The van der Waals surface area contributed by atoms with Gasteiger partial charge in [-0.05, 0) is 60.4 Å². The minimum atomic E-state index is -0.598. The number of carbonyl (C=O) groups is 2. The molecule has 1 fully saturated rings. The molecule has 5 rings (SSSR count). The van der Waals surface area contributed by atoms with Gasteiger partial charge in [-0.1, -0.05) is 12.1 Å². The van der Waals surface area contributed by atoms with E-state index in [9.17, 15) is 9.59 Å². The number of nitrogens with zero attached hydrogens (tertiary/aromatic N) is 4. The Balaban J connectivity index is 1.29. The molecule has 0 unspecified atom stereocenters. The Labute approximate surface area is 219 Å². The number of likely N-dealkylation sites (N-methyl/N-ethyl adjacent to an activating group) is 1. The first-order valence-corrected chi connectivity index (χ1v) is 13.6. The Morgan fingerprint density at radius 2 is 2.11 bits per heavy atom. The highest BCUT2D eigenvalue weighted by atomic mass is 79.9. The van der Waals surface area contributed by atoms with Crippen molar-refractivity contribution in [3.05, 3.63) is 56.8 Å². The predicted octanol–water partition coefficient (Wildman–Crippen LogP) is 4.68. The number of rotatable bonds is 9. The molecular formula is C24H24BrN5O3S2. The SMILES string of the molecule is COc1cccc(-c2sc(Br)nc2C(=O)C2(N(C)CCNC(=O)c3c(C)nc4sccn34)CC2)c1. The van der Waals surface area contributed by atoms with Crippen LogP contribution in [0.3, 0.4) is 0 Å². The Kier molecular flexibility index (Phi) is 6.51. The van der Waals surface area contributed by atoms with Crippen LogP contribution in [-0.2, 0) is 0 Å². The van der Waals surface area contributed by atoms with Gasteiger partial charge in [-0.2, -0.15) is 0 Å². The number of benzene rings is 1. The van der Waals surface area contributed by atoms with E-state index in [0.29, 0.717) is 34.1 Å². The Bertz CT molecular complexity index is 1420. The van der Waals surface area contributed by atoms with E-state index < -0.39 is 5.54 Å². The van der Waals surface area contributed by atoms with Crippen molar-refractivity contribution in [3.63, 3.8) is 0 Å². The molecule has 0 aliphatic heterocycles. The molecule has 0 spiro atoms. The van der Waals surface area contributed by atoms with Crippen LogP contribution in [0.1, 0.15) is 39.5 Å². The summed E-state index contributed by atoms with van der Waals surface area (Å²) in [7, 11) is 3.56. The van der Waals surface area contributed by atoms with Crippen molar-refractivity contribution in [1.82, 2.24) is 24.6 Å². The number of methoxy groups -OCH3 is 1. The molecule has 3 aromatic heterocycles. The molecule has 0 atom stereocenters. The van der Waals surface area contributed by atoms with E-state index in [1.807, 2.05) is 59.1 Å². The van der Waals surface area contributed by atoms with E-state index in [2.05, 4.69) is 31.2 Å². The number of ketones is 1. The van der Waals surface area contributed by atoms with Crippen LogP contribution in [0.5, 0.6) is 5.75 Å². The molecule has 0 bridgehead atoms. The third-order valence-electron chi connectivity index (χ3n) is 6.41. The zero-order valence-corrected chi connectivity index (χ0v) is 22.7. The normalized spacial score (nSPS) is 14.4. The number of carbonyl (C=O) groups excluding carboxylic acids is 2. The number of halogens is 1. The van der Waals surface area contributed by atoms with Gasteiger partial charge in [-0.15, -0.1) is 22.7 Å². The fraction of sp³-hybridized carbons (Fsp3) is 0.333. The van der Waals surface area contributed by atoms with E-state index in [0.717, 1.165) is 34.0 Å². The second kappa shape index (κ2) is 9.45. The average Bonchev–Trinajstić information content (AvgIpc) is 3.23. The standard InChI is InChI=1S/C24H24BrN5O3S2/c1-14-18(30-11-12-34-23(30)27-14)21(32)26-9-10-29(2)24(7-8-24)20(31)17-19(35-22(25)28-17)15-5-4-6-16(13-15)33-3/h4-6,11-13H,7-10H2,1-3H3,(H,26,32). The summed E-state index contributed by atoms with van der Waals surface area (Å²) in [5, 5.41) is 4.90. The molecule has 35 heavy (non-hydrogen) atoms. The van der Waals surface area contributed by atoms with E-state index in [4.69, 9.17) is 4.74 Å². The molecule has 0 radical (unpaired) electrons. The van der Waals surface area contributed by atoms with Crippen molar-refractivity contribution in [2.24, 2.45) is 0 Å². The van der Waals surface area contributed by atoms with Gasteiger partial charge in [-0.3, -0.25) is 18.9 Å². The van der Waals surface area contributed by atoms with Crippen LogP contribution in [0.15, 0.2) is 39.8 Å². The van der Waals surface area contributed by atoms with Crippen LogP contribution in [-0.4, -0.2) is 63.7 Å². The molecule has 1 aliphatic carbocycles. The fourth-order valence-electron chi connectivity index (χ4n) is 4.33. The minimum absolute atomic E-state index is 0.0118. The summed E-state index contributed by atoms with van der Waals surface area (Å²) >= 11 is 6.40. The first kappa shape index (κ1) is 24.1. The number of nitrogens with one attached hydrogen (secondary N) is 1. The maximum Gasteiger partial charge on any atom is 0.270 e. The maximum atomic E-state index is 13.7. The van der Waals surface area contributed by atoms with Crippen molar-refractivity contribution >= 4 is 55.3 Å². The third-order valence-corrected chi connectivity index (χ3v) is 8.72. The number of fused-ring (bicyclic) bond motifs is 1. The van der Waals surface area contributed by atoms with Crippen LogP contribution >= 0.6 is 38.6 Å². The van der Waals surface area contributed by atoms with Crippen LogP contribution in [0.25, 0.3) is 15.4 Å². The number of ether oxygens (including phenoxy) is 1. The van der Waals surface area contributed by atoms with E-state index >= 15 is 0 Å². The van der Waals surface area contributed by atoms with Gasteiger partial charge in [0, 0.05) is 24.7 Å². The van der Waals surface area contributed by atoms with Gasteiger partial charge in [0.25, 0.3) is 5.91 Å². The molecule has 1 saturated carbocycles. The van der Waals surface area contributed by atoms with Gasteiger partial charge in [0.2, 0.25) is 5.78 Å². The van der Waals surface area contributed by atoms with Crippen molar-refractivity contribution in [3.8, 4) is 16.2 Å². The largest absolute Gasteiger partial charge is 0.497 e. The second-order valence-corrected chi connectivity index (χ2v) is 11.7. The molecule has 1 aromatic carbocycles. The van der Waals surface area contributed by atoms with Crippen LogP contribution in [0, 0.1) is 6.92 Å². The molecule has 3 heterocycles. The summed E-state index contributed by atoms with van der Waals surface area (Å²) in [6.45, 7) is 2.80. The number of thiazole rings is 2. The summed E-state index contributed by atoms with van der Waals surface area (Å²) < 4.78 is 7.84. The highest BCUT2D eigenvalue weighted by Crippen LogP contribution is 2.46. The lowest BCUT2D eigenvalue weighted by Gasteiger charge is -2.26. The maximum absolute atomic E-state index is 13.7.